The molecule has 29 heavy (non-hydrogen) atoms. The molecule has 1 fully saturated rings. The highest BCUT2D eigenvalue weighted by molar-refractivity contribution is 6.38. The van der Waals surface area contributed by atoms with Crippen LogP contribution in [0.4, 0.5) is 0 Å². The molecule has 9 heteroatoms. The summed E-state index contributed by atoms with van der Waals surface area (Å²) in [6.45, 7) is 12.4. The number of aliphatic hydroxyl groups is 2. The lowest BCUT2D eigenvalue weighted by Gasteiger charge is -2.12. The number of rotatable bonds is 2. The predicted octanol–water partition coefficient (Wildman–Crippen LogP) is 5.23. The zero-order chi connectivity index (χ0) is 22.9. The molecule has 3 rings (SSSR count). The first-order valence-electron chi connectivity index (χ1n) is 9.84. The van der Waals surface area contributed by atoms with E-state index in [9.17, 15) is 4.79 Å². The maximum atomic E-state index is 11.1. The van der Waals surface area contributed by atoms with Gasteiger partial charge in [0.2, 0.25) is 0 Å². The van der Waals surface area contributed by atoms with Crippen molar-refractivity contribution in [1.82, 2.24) is 14.5 Å². The average molecular weight is 450 g/mol. The van der Waals surface area contributed by atoms with Gasteiger partial charge in [-0.3, -0.25) is 4.79 Å². The van der Waals surface area contributed by atoms with E-state index < -0.39 is 11.8 Å². The van der Waals surface area contributed by atoms with Crippen LogP contribution in [-0.4, -0.2) is 41.6 Å². The summed E-state index contributed by atoms with van der Waals surface area (Å²) in [5, 5.41) is 26.1. The molecule has 2 aromatic rings. The van der Waals surface area contributed by atoms with Gasteiger partial charge in [0.25, 0.3) is 0 Å². The molecule has 0 aromatic carbocycles. The summed E-state index contributed by atoms with van der Waals surface area (Å²) in [6.07, 6.45) is 3.74. The summed E-state index contributed by atoms with van der Waals surface area (Å²) < 4.78 is 1.90. The Balaban J connectivity index is 0.000000752. The van der Waals surface area contributed by atoms with Gasteiger partial charge in [-0.1, -0.05) is 50.9 Å². The second-order valence-electron chi connectivity index (χ2n) is 6.66. The number of aromatic nitrogens is 3. The molecule has 2 aromatic heterocycles. The summed E-state index contributed by atoms with van der Waals surface area (Å²) in [5.41, 5.74) is 1.95. The first-order valence-corrected chi connectivity index (χ1v) is 10.6. The van der Waals surface area contributed by atoms with E-state index in [4.69, 9.17) is 38.5 Å². The van der Waals surface area contributed by atoms with Gasteiger partial charge < -0.3 is 19.9 Å². The van der Waals surface area contributed by atoms with E-state index in [-0.39, 0.29) is 12.0 Å². The summed E-state index contributed by atoms with van der Waals surface area (Å²) in [5.74, 6) is -2.54. The van der Waals surface area contributed by atoms with Crippen molar-refractivity contribution < 1.29 is 20.1 Å². The Morgan fingerprint density at radius 1 is 1.17 bits per heavy atom. The van der Waals surface area contributed by atoms with E-state index in [0.717, 1.165) is 6.42 Å². The van der Waals surface area contributed by atoms with Crippen molar-refractivity contribution in [3.8, 4) is 0 Å². The quantitative estimate of drug-likeness (QED) is 0.427. The van der Waals surface area contributed by atoms with Crippen molar-refractivity contribution in [2.45, 2.75) is 79.6 Å². The van der Waals surface area contributed by atoms with Gasteiger partial charge in [0.15, 0.2) is 11.4 Å². The molecule has 1 unspecified atom stereocenters. The van der Waals surface area contributed by atoms with E-state index in [2.05, 4.69) is 9.97 Å². The molecule has 2 atom stereocenters. The van der Waals surface area contributed by atoms with Crippen LogP contribution in [0.25, 0.3) is 11.2 Å². The number of imidazole rings is 1. The van der Waals surface area contributed by atoms with Crippen molar-refractivity contribution in [1.29, 1.82) is 0 Å². The molecular weight excluding hydrogens is 417 g/mol. The van der Waals surface area contributed by atoms with Gasteiger partial charge in [0.05, 0.1) is 17.3 Å². The first kappa shape index (κ1) is 27.6. The number of carboxylic acid groups (broad SMARTS) is 1. The molecule has 1 saturated carbocycles. The van der Waals surface area contributed by atoms with Crippen LogP contribution in [0.1, 0.15) is 72.4 Å². The molecular formula is C20H33Cl2N3O4. The highest BCUT2D eigenvalue weighted by Crippen LogP contribution is 2.38. The largest absolute Gasteiger partial charge is 0.481 e. The number of hydrogen-bond donors (Lipinski definition) is 3. The van der Waals surface area contributed by atoms with Crippen LogP contribution in [0.15, 0.2) is 6.33 Å². The smallest absolute Gasteiger partial charge is 0.306 e. The van der Waals surface area contributed by atoms with Gasteiger partial charge in [0.1, 0.15) is 10.7 Å². The van der Waals surface area contributed by atoms with Crippen LogP contribution in [0.5, 0.6) is 0 Å². The number of halogens is 2. The molecule has 1 aliphatic carbocycles. The highest BCUT2D eigenvalue weighted by Gasteiger charge is 2.32. The van der Waals surface area contributed by atoms with E-state index in [1.165, 1.54) is 13.8 Å². The number of carbonyl (C=O) groups is 1. The van der Waals surface area contributed by atoms with Crippen LogP contribution in [0.2, 0.25) is 10.2 Å². The molecule has 3 N–H and O–H groups in total. The Morgan fingerprint density at radius 2 is 1.69 bits per heavy atom. The standard InChI is InChI=1S/C13H13Cl2N3O2.C3H8O2.2C2H6/c1-6-9(14)10-12(17-11(6)15)18(5-16-10)8-3-2-7(4-8)13(19)20;1-3(2,4)5;2*1-2/h5,7-8H,2-4H2,1H3,(H,19,20);4-5H,1-2H3;2*1-2H3/t7-,8?;;;/m1.../s1. The Bertz CT molecular complexity index is 782. The number of carboxylic acids is 1. The summed E-state index contributed by atoms with van der Waals surface area (Å²) >= 11 is 12.3. The normalized spacial score (nSPS) is 18.0. The number of nitrogens with zero attached hydrogens (tertiary/aromatic N) is 3. The van der Waals surface area contributed by atoms with Gasteiger partial charge >= 0.3 is 5.97 Å². The van der Waals surface area contributed by atoms with Crippen molar-refractivity contribution in [2.75, 3.05) is 0 Å². The Hall–Kier alpha value is -1.41. The Labute approximate surface area is 182 Å². The van der Waals surface area contributed by atoms with E-state index in [0.29, 0.717) is 39.7 Å². The van der Waals surface area contributed by atoms with Gasteiger partial charge in [-0.05, 0) is 40.0 Å². The molecule has 0 bridgehead atoms. The van der Waals surface area contributed by atoms with E-state index in [1.807, 2.05) is 32.3 Å². The van der Waals surface area contributed by atoms with Crippen LogP contribution in [0, 0.1) is 12.8 Å². The topological polar surface area (TPSA) is 108 Å². The SMILES string of the molecule is CC.CC.CC(C)(O)O.Cc1c(Cl)nc2c(ncn2C2CC[C@@H](C(=O)O)C2)c1Cl. The lowest BCUT2D eigenvalue weighted by molar-refractivity contribution is -0.141. The minimum absolute atomic E-state index is 0.0865. The third-order valence-corrected chi connectivity index (χ3v) is 4.80. The minimum Gasteiger partial charge on any atom is -0.481 e. The summed E-state index contributed by atoms with van der Waals surface area (Å²) in [4.78, 5) is 19.7. The molecule has 166 valence electrons. The van der Waals surface area contributed by atoms with Gasteiger partial charge in [-0.2, -0.15) is 0 Å². The molecule has 0 saturated heterocycles. The minimum atomic E-state index is -1.50. The molecule has 2 heterocycles. The van der Waals surface area contributed by atoms with Crippen molar-refractivity contribution in [3.63, 3.8) is 0 Å². The van der Waals surface area contributed by atoms with Crippen LogP contribution in [-0.2, 0) is 4.79 Å². The lowest BCUT2D eigenvalue weighted by Crippen LogP contribution is -2.15. The summed E-state index contributed by atoms with van der Waals surface area (Å²) in [7, 11) is 0. The second-order valence-corrected chi connectivity index (χ2v) is 7.40. The molecule has 1 aliphatic rings. The maximum absolute atomic E-state index is 11.1. The molecule has 0 radical (unpaired) electrons. The monoisotopic (exact) mass is 449 g/mol. The Morgan fingerprint density at radius 3 is 2.14 bits per heavy atom. The van der Waals surface area contributed by atoms with Crippen molar-refractivity contribution >= 4 is 40.3 Å². The number of fused-ring (bicyclic) bond motifs is 1. The third-order valence-electron chi connectivity index (χ3n) is 3.97. The highest BCUT2D eigenvalue weighted by atomic mass is 35.5. The summed E-state index contributed by atoms with van der Waals surface area (Å²) in [6, 6.07) is 0.0865. The van der Waals surface area contributed by atoms with Crippen molar-refractivity contribution in [3.05, 3.63) is 22.1 Å². The second kappa shape index (κ2) is 12.3. The van der Waals surface area contributed by atoms with Crippen LogP contribution >= 0.6 is 23.2 Å². The number of aliphatic carboxylic acids is 1. The lowest BCUT2D eigenvalue weighted by atomic mass is 10.1. The third kappa shape index (κ3) is 8.09. The average Bonchev–Trinajstić information content (AvgIpc) is 3.29. The fourth-order valence-electron chi connectivity index (χ4n) is 2.77. The predicted molar refractivity (Wildman–Crippen MR) is 118 cm³/mol. The van der Waals surface area contributed by atoms with Gasteiger partial charge in [0, 0.05) is 11.6 Å². The first-order chi connectivity index (χ1) is 13.5. The zero-order valence-electron chi connectivity index (χ0n) is 18.2. The maximum Gasteiger partial charge on any atom is 0.306 e. The Kier molecular flexibility index (Phi) is 11.7. The molecule has 7 nitrogen and oxygen atoms in total. The molecule has 0 aliphatic heterocycles. The van der Waals surface area contributed by atoms with Gasteiger partial charge in [-0.15, -0.1) is 0 Å². The van der Waals surface area contributed by atoms with Crippen LogP contribution < -0.4 is 0 Å². The fourth-order valence-corrected chi connectivity index (χ4v) is 3.21. The molecule has 0 amide bonds. The number of hydrogen-bond acceptors (Lipinski definition) is 5. The van der Waals surface area contributed by atoms with Gasteiger partial charge in [-0.25, -0.2) is 9.97 Å². The number of pyridine rings is 1. The van der Waals surface area contributed by atoms with Crippen molar-refractivity contribution in [2.24, 2.45) is 5.92 Å². The fraction of sp³-hybridized carbons (Fsp3) is 0.650. The molecule has 0 spiro atoms. The van der Waals surface area contributed by atoms with E-state index >= 15 is 0 Å². The zero-order valence-corrected chi connectivity index (χ0v) is 19.7. The van der Waals surface area contributed by atoms with Crippen LogP contribution in [0.3, 0.4) is 0 Å². The van der Waals surface area contributed by atoms with E-state index in [1.54, 1.807) is 13.3 Å².